The first-order valence-electron chi connectivity index (χ1n) is 10.6. The van der Waals surface area contributed by atoms with Gasteiger partial charge in [-0.05, 0) is 28.8 Å². The normalized spacial score (nSPS) is 15.1. The first-order valence-corrected chi connectivity index (χ1v) is 10.6. The SMILES string of the molecule is N#C/C(=C(/c1ccccc1)c1ccc(OCCN2CCOCC2)cc1)c1ccccc1. The Balaban J connectivity index is 1.57. The van der Waals surface area contributed by atoms with E-state index >= 15 is 0 Å². The van der Waals surface area contributed by atoms with Crippen molar-refractivity contribution in [3.63, 3.8) is 0 Å². The van der Waals surface area contributed by atoms with Crippen LogP contribution in [0.25, 0.3) is 11.1 Å². The number of hydrogen-bond acceptors (Lipinski definition) is 4. The minimum atomic E-state index is 0.647. The fraction of sp³-hybridized carbons (Fsp3) is 0.222. The highest BCUT2D eigenvalue weighted by Gasteiger charge is 2.14. The molecule has 1 aliphatic rings. The van der Waals surface area contributed by atoms with Crippen LogP contribution in [0.1, 0.15) is 16.7 Å². The van der Waals surface area contributed by atoms with Gasteiger partial charge in [-0.25, -0.2) is 0 Å². The lowest BCUT2D eigenvalue weighted by molar-refractivity contribution is 0.0322. The maximum Gasteiger partial charge on any atom is 0.119 e. The summed E-state index contributed by atoms with van der Waals surface area (Å²) in [6, 6.07) is 30.4. The third-order valence-corrected chi connectivity index (χ3v) is 5.41. The second-order valence-corrected chi connectivity index (χ2v) is 7.42. The summed E-state index contributed by atoms with van der Waals surface area (Å²) in [6.07, 6.45) is 0. The molecule has 0 aliphatic carbocycles. The Morgan fingerprint density at radius 1 is 0.806 bits per heavy atom. The third kappa shape index (κ3) is 5.40. The van der Waals surface area contributed by atoms with Crippen molar-refractivity contribution < 1.29 is 9.47 Å². The van der Waals surface area contributed by atoms with E-state index in [9.17, 15) is 5.26 Å². The van der Waals surface area contributed by atoms with Crippen molar-refractivity contribution in [3.8, 4) is 11.8 Å². The topological polar surface area (TPSA) is 45.5 Å². The average Bonchev–Trinajstić information content (AvgIpc) is 2.85. The number of rotatable bonds is 7. The zero-order valence-corrected chi connectivity index (χ0v) is 17.5. The number of benzene rings is 3. The largest absolute Gasteiger partial charge is 0.492 e. The van der Waals surface area contributed by atoms with E-state index in [2.05, 4.69) is 11.0 Å². The molecule has 0 aromatic heterocycles. The van der Waals surface area contributed by atoms with Gasteiger partial charge in [-0.2, -0.15) is 5.26 Å². The van der Waals surface area contributed by atoms with Crippen LogP contribution in [0.3, 0.4) is 0 Å². The summed E-state index contributed by atoms with van der Waals surface area (Å²) >= 11 is 0. The monoisotopic (exact) mass is 410 g/mol. The Bertz CT molecular complexity index is 1030. The molecule has 0 amide bonds. The van der Waals surface area contributed by atoms with Gasteiger partial charge >= 0.3 is 0 Å². The fourth-order valence-corrected chi connectivity index (χ4v) is 3.76. The Morgan fingerprint density at radius 3 is 2.00 bits per heavy atom. The van der Waals surface area contributed by atoms with Crippen molar-refractivity contribution in [2.75, 3.05) is 39.5 Å². The summed E-state index contributed by atoms with van der Waals surface area (Å²) in [5.74, 6) is 0.836. The van der Waals surface area contributed by atoms with Crippen LogP contribution >= 0.6 is 0 Å². The quantitative estimate of drug-likeness (QED) is 0.411. The van der Waals surface area contributed by atoms with Gasteiger partial charge in [-0.15, -0.1) is 0 Å². The lowest BCUT2D eigenvalue weighted by Gasteiger charge is -2.26. The maximum atomic E-state index is 10.0. The van der Waals surface area contributed by atoms with E-state index in [-0.39, 0.29) is 0 Å². The zero-order chi connectivity index (χ0) is 21.3. The summed E-state index contributed by atoms with van der Waals surface area (Å²) in [5.41, 5.74) is 4.51. The summed E-state index contributed by atoms with van der Waals surface area (Å²) in [4.78, 5) is 2.35. The molecule has 4 heteroatoms. The summed E-state index contributed by atoms with van der Waals surface area (Å²) in [7, 11) is 0. The van der Waals surface area contributed by atoms with Gasteiger partial charge in [0.05, 0.1) is 18.8 Å². The van der Waals surface area contributed by atoms with Crippen LogP contribution in [0, 0.1) is 11.3 Å². The molecule has 0 saturated carbocycles. The van der Waals surface area contributed by atoms with Crippen LogP contribution < -0.4 is 4.74 Å². The highest BCUT2D eigenvalue weighted by Crippen LogP contribution is 2.32. The molecule has 1 saturated heterocycles. The van der Waals surface area contributed by atoms with Gasteiger partial charge in [0.25, 0.3) is 0 Å². The van der Waals surface area contributed by atoms with E-state index in [0.29, 0.717) is 12.2 Å². The molecule has 1 aliphatic heterocycles. The number of ether oxygens (including phenoxy) is 2. The van der Waals surface area contributed by atoms with Gasteiger partial charge in [0.15, 0.2) is 0 Å². The predicted molar refractivity (Wildman–Crippen MR) is 124 cm³/mol. The molecule has 0 atom stereocenters. The zero-order valence-electron chi connectivity index (χ0n) is 17.5. The summed E-state index contributed by atoms with van der Waals surface area (Å²) < 4.78 is 11.3. The first-order chi connectivity index (χ1) is 15.3. The van der Waals surface area contributed by atoms with Crippen LogP contribution in [0.2, 0.25) is 0 Å². The Labute approximate surface area is 184 Å². The molecule has 0 bridgehead atoms. The van der Waals surface area contributed by atoms with Crippen LogP contribution in [-0.2, 0) is 4.74 Å². The predicted octanol–water partition coefficient (Wildman–Crippen LogP) is 4.88. The average molecular weight is 411 g/mol. The smallest absolute Gasteiger partial charge is 0.119 e. The van der Waals surface area contributed by atoms with E-state index in [1.54, 1.807) is 0 Å². The van der Waals surface area contributed by atoms with Crippen molar-refractivity contribution >= 4 is 11.1 Å². The molecule has 31 heavy (non-hydrogen) atoms. The van der Waals surface area contributed by atoms with E-state index in [4.69, 9.17) is 9.47 Å². The lowest BCUT2D eigenvalue weighted by Crippen LogP contribution is -2.38. The number of hydrogen-bond donors (Lipinski definition) is 0. The highest BCUT2D eigenvalue weighted by molar-refractivity contribution is 6.03. The number of nitriles is 1. The highest BCUT2D eigenvalue weighted by atomic mass is 16.5. The van der Waals surface area contributed by atoms with Gasteiger partial charge in [-0.3, -0.25) is 4.90 Å². The van der Waals surface area contributed by atoms with Crippen LogP contribution in [-0.4, -0.2) is 44.4 Å². The Kier molecular flexibility index (Phi) is 7.12. The minimum Gasteiger partial charge on any atom is -0.492 e. The molecule has 4 nitrogen and oxygen atoms in total. The number of morpholine rings is 1. The molecule has 0 unspecified atom stereocenters. The van der Waals surface area contributed by atoms with Crippen LogP contribution in [0.4, 0.5) is 0 Å². The summed E-state index contributed by atoms with van der Waals surface area (Å²) in [5, 5.41) is 10.0. The third-order valence-electron chi connectivity index (χ3n) is 5.41. The molecule has 1 heterocycles. The second kappa shape index (κ2) is 10.6. The molecule has 3 aromatic rings. The van der Waals surface area contributed by atoms with Crippen LogP contribution in [0.5, 0.6) is 5.75 Å². The van der Waals surface area contributed by atoms with Gasteiger partial charge < -0.3 is 9.47 Å². The molecular weight excluding hydrogens is 384 g/mol. The Morgan fingerprint density at radius 2 is 1.39 bits per heavy atom. The summed E-state index contributed by atoms with van der Waals surface area (Å²) in [6.45, 7) is 5.06. The van der Waals surface area contributed by atoms with Gasteiger partial charge in [-0.1, -0.05) is 72.8 Å². The molecule has 0 N–H and O–H groups in total. The number of allylic oxidation sites excluding steroid dienone is 1. The van der Waals surface area contributed by atoms with Gasteiger partial charge in [0.2, 0.25) is 0 Å². The molecule has 0 radical (unpaired) electrons. The molecule has 3 aromatic carbocycles. The minimum absolute atomic E-state index is 0.647. The van der Waals surface area contributed by atoms with Crippen LogP contribution in [0.15, 0.2) is 84.9 Å². The van der Waals surface area contributed by atoms with Crippen molar-refractivity contribution in [1.29, 1.82) is 5.26 Å². The number of nitrogens with zero attached hydrogens (tertiary/aromatic N) is 2. The molecule has 4 rings (SSSR count). The van der Waals surface area contributed by atoms with Gasteiger partial charge in [0, 0.05) is 25.2 Å². The van der Waals surface area contributed by atoms with E-state index in [1.807, 2.05) is 84.9 Å². The van der Waals surface area contributed by atoms with Crippen molar-refractivity contribution in [1.82, 2.24) is 4.90 Å². The van der Waals surface area contributed by atoms with Crippen molar-refractivity contribution in [2.45, 2.75) is 0 Å². The van der Waals surface area contributed by atoms with E-state index in [0.717, 1.165) is 60.9 Å². The van der Waals surface area contributed by atoms with E-state index in [1.165, 1.54) is 0 Å². The molecule has 0 spiro atoms. The van der Waals surface area contributed by atoms with Crippen molar-refractivity contribution in [2.24, 2.45) is 0 Å². The molecule has 156 valence electrons. The lowest BCUT2D eigenvalue weighted by atomic mass is 9.90. The van der Waals surface area contributed by atoms with E-state index < -0.39 is 0 Å². The standard InChI is InChI=1S/C27H26N2O2/c28-21-26(22-7-3-1-4-8-22)27(23-9-5-2-6-10-23)24-11-13-25(14-12-24)31-20-17-29-15-18-30-19-16-29/h1-14H,15-20H2/b27-26+. The fourth-order valence-electron chi connectivity index (χ4n) is 3.76. The van der Waals surface area contributed by atoms with Gasteiger partial charge in [0.1, 0.15) is 18.4 Å². The first kappa shape index (κ1) is 20.9. The maximum absolute atomic E-state index is 10.0. The second-order valence-electron chi connectivity index (χ2n) is 7.42. The van der Waals surface area contributed by atoms with Crippen molar-refractivity contribution in [3.05, 3.63) is 102 Å². The Hall–Kier alpha value is -3.39. The molecular formula is C27H26N2O2. The molecule has 1 fully saturated rings.